The summed E-state index contributed by atoms with van der Waals surface area (Å²) >= 11 is 0. The first-order valence-corrected chi connectivity index (χ1v) is 11.8. The molecule has 0 atom stereocenters. The van der Waals surface area contributed by atoms with Crippen molar-refractivity contribution in [2.45, 2.75) is 34.6 Å². The van der Waals surface area contributed by atoms with Crippen molar-refractivity contribution < 1.29 is 138 Å². The van der Waals surface area contributed by atoms with E-state index in [4.69, 9.17) is 40.1 Å². The van der Waals surface area contributed by atoms with Crippen molar-refractivity contribution in [2.24, 2.45) is 0 Å². The number of rotatable bonds is 1. The van der Waals surface area contributed by atoms with Gasteiger partial charge in [-0.3, -0.25) is 19.8 Å². The smallest absolute Gasteiger partial charge is 0.870 e. The first-order chi connectivity index (χ1) is 21.9. The van der Waals surface area contributed by atoms with Crippen molar-refractivity contribution in [2.75, 3.05) is 0 Å². The van der Waals surface area contributed by atoms with E-state index in [9.17, 15) is 9.59 Å². The van der Waals surface area contributed by atoms with E-state index >= 15 is 0 Å². The molecule has 0 spiro atoms. The van der Waals surface area contributed by atoms with Crippen molar-refractivity contribution in [3.63, 3.8) is 0 Å². The van der Waals surface area contributed by atoms with E-state index < -0.39 is 12.2 Å². The molecule has 24 nitrogen and oxygen atoms in total. The molecule has 5 aromatic rings. The number of H-pyrrole nitrogens is 1. The van der Waals surface area contributed by atoms with Gasteiger partial charge in [-0.15, -0.1) is 0 Å². The van der Waals surface area contributed by atoms with Crippen LogP contribution in [0.5, 0.6) is 0 Å². The fraction of sp³-hybridized carbons (Fsp3) is 0.200. The molecule has 28 heteroatoms. The van der Waals surface area contributed by atoms with E-state index in [0.29, 0.717) is 11.6 Å². The van der Waals surface area contributed by atoms with Crippen molar-refractivity contribution >= 4 is 31.6 Å². The number of nitrogens with zero attached hydrogens (tertiary/aromatic N) is 9. The number of aromatic amines is 1. The van der Waals surface area contributed by atoms with Crippen molar-refractivity contribution in [1.82, 2.24) is 49.0 Å². The maximum atomic E-state index is 10.2. The predicted molar refractivity (Wildman–Crippen MR) is 158 cm³/mol. The van der Waals surface area contributed by atoms with Crippen LogP contribution in [0.15, 0.2) is 62.0 Å². The second-order valence-electron chi connectivity index (χ2n) is 6.98. The zero-order valence-electron chi connectivity index (χ0n) is 27.7. The molecule has 0 aliphatic carbocycles. The summed E-state index contributed by atoms with van der Waals surface area (Å²) in [4.78, 5) is 77.4. The summed E-state index contributed by atoms with van der Waals surface area (Å²) in [6.07, 6.45) is 13.9. The molecule has 0 fully saturated rings. The summed E-state index contributed by atoms with van der Waals surface area (Å²) in [6.45, 7) is 10.1. The number of imidazole rings is 5. The molecule has 53 heavy (non-hydrogen) atoms. The number of aryl methyl sites for hydroxylation is 5. The number of carboxylic acid groups (broad SMARTS) is 2. The molecule has 0 saturated carbocycles. The predicted octanol–water partition coefficient (Wildman–Crippen LogP) is -2.34. The Bertz CT molecular complexity index is 1310. The quantitative estimate of drug-likeness (QED) is 0.0592. The molecule has 5 rings (SSSR count). The van der Waals surface area contributed by atoms with Crippen LogP contribution in [0.4, 0.5) is 9.59 Å². The second-order valence-corrected chi connectivity index (χ2v) is 6.98. The normalized spacial score (nSPS) is 6.91. The molecular weight excluding hydrogens is 900 g/mol. The van der Waals surface area contributed by atoms with Crippen LogP contribution < -0.4 is 20.2 Å². The Morgan fingerprint density at radius 1 is 0.755 bits per heavy atom. The SMILES string of the molecule is Cc1ncc[n-]1.Cc1ncc[n-]1.Cc1ncc[nH]1.Cc1nccn1C(=O)O.Cc1nccn1C(=O)O.O=[C+][O-].O=[C+][O-].O=[C-]OO.[Co+2].[Co].[Co].[Co].[OH-].[OH-].[OH3+]. The first kappa shape index (κ1) is 73.5. The summed E-state index contributed by atoms with van der Waals surface area (Å²) in [5.74, 6) is 3.63. The molecule has 4 radical (unpaired) electrons. The molecule has 0 saturated heterocycles. The van der Waals surface area contributed by atoms with Crippen LogP contribution in [0.2, 0.25) is 0 Å². The van der Waals surface area contributed by atoms with E-state index in [2.05, 4.69) is 44.8 Å². The van der Waals surface area contributed by atoms with Gasteiger partial charge in [-0.2, -0.15) is 0 Å². The van der Waals surface area contributed by atoms with Crippen LogP contribution in [-0.4, -0.2) is 97.1 Å². The van der Waals surface area contributed by atoms with Gasteiger partial charge in [-0.25, -0.2) is 38.9 Å². The minimum absolute atomic E-state index is 0. The Balaban J connectivity index is -0.0000000502. The Labute approximate surface area is 342 Å². The Kier molecular flexibility index (Phi) is 71.4. The Morgan fingerprint density at radius 2 is 1.08 bits per heavy atom. The van der Waals surface area contributed by atoms with Crippen LogP contribution >= 0.6 is 0 Å². The fourth-order valence-electron chi connectivity index (χ4n) is 2.14. The van der Waals surface area contributed by atoms with Crippen LogP contribution in [-0.2, 0) is 91.9 Å². The first-order valence-electron chi connectivity index (χ1n) is 11.8. The Hall–Kier alpha value is -4.91. The van der Waals surface area contributed by atoms with E-state index in [1.165, 1.54) is 24.8 Å². The topological polar surface area (TPSA) is 413 Å². The van der Waals surface area contributed by atoms with Crippen LogP contribution in [0.3, 0.4) is 0 Å². The monoisotopic (exact) mass is 934 g/mol. The maximum absolute atomic E-state index is 10.2. The third kappa shape index (κ3) is 47.1. The van der Waals surface area contributed by atoms with E-state index in [0.717, 1.165) is 33.1 Å². The fourth-order valence-corrected chi connectivity index (χ4v) is 2.14. The zero-order chi connectivity index (χ0) is 35.8. The number of hydrogen-bond acceptors (Lipinski definition) is 16. The molecule has 5 aromatic heterocycles. The van der Waals surface area contributed by atoms with E-state index in [1.54, 1.807) is 51.0 Å². The largest absolute Gasteiger partial charge is 2.00 e. The molecule has 0 aromatic carbocycles. The second kappa shape index (κ2) is 51.5. The molecule has 0 aliphatic rings. The van der Waals surface area contributed by atoms with Crippen molar-refractivity contribution in [3.05, 3.63) is 91.1 Å². The number of nitrogens with one attached hydrogen (secondary N) is 1. The standard InChI is InChI=1S/2C5H6N2O2.C4H6N2.2C4H5N2.CHO3.2CO2.4Co.3H2O/c2*1-4-6-2-3-7(4)5(8)9;3*1-4-5-2-3-6-4;2-1-4-3;2*2-1-3;;;;;;;/h2*2-3H,1H3,(H,8,9);2-3H,1H3,(H,5,6);2*2-3H,1H3;3H;;;;;;;3*1H2/q;;;3*-1;;;;;;+2;;;/p-1. The van der Waals surface area contributed by atoms with Crippen LogP contribution in [0.1, 0.15) is 29.1 Å². The van der Waals surface area contributed by atoms with Gasteiger partial charge in [-0.1, -0.05) is 36.4 Å². The van der Waals surface area contributed by atoms with Gasteiger partial charge in [0.25, 0.3) is 0 Å². The van der Waals surface area contributed by atoms with Gasteiger partial charge in [0.05, 0.1) is 0 Å². The molecular formula is C25H34Co4N10O14-2. The minimum atomic E-state index is -0.995. The van der Waals surface area contributed by atoms with E-state index in [-0.39, 0.29) is 96.5 Å². The molecule has 0 aliphatic heterocycles. The summed E-state index contributed by atoms with van der Waals surface area (Å²) in [6, 6.07) is 0. The van der Waals surface area contributed by atoms with Crippen LogP contribution in [0.25, 0.3) is 0 Å². The maximum Gasteiger partial charge on any atom is 2.00 e. The molecule has 0 bridgehead atoms. The summed E-state index contributed by atoms with van der Waals surface area (Å²) in [5.41, 5.74) is 0. The summed E-state index contributed by atoms with van der Waals surface area (Å²) < 4.78 is 2.11. The molecule has 306 valence electrons. The number of hydrogen-bond donors (Lipinski definition) is 4. The summed E-state index contributed by atoms with van der Waals surface area (Å²) in [5, 5.41) is 40.0. The average molecular weight is 934 g/mol. The molecule has 5 heterocycles. The van der Waals surface area contributed by atoms with E-state index in [1.807, 2.05) is 20.8 Å². The molecule has 0 amide bonds. The number of carbonyl (C=O) groups excluding carboxylic acids is 3. The number of carbonyl (C=O) groups is 2. The van der Waals surface area contributed by atoms with Crippen molar-refractivity contribution in [1.29, 1.82) is 0 Å². The van der Waals surface area contributed by atoms with Gasteiger partial charge in [0.15, 0.2) is 0 Å². The number of aromatic nitrogens is 10. The molecule has 0 unspecified atom stereocenters. The van der Waals surface area contributed by atoms with Crippen LogP contribution in [0, 0.1) is 34.6 Å². The van der Waals surface area contributed by atoms with Gasteiger partial charge in [0.2, 0.25) is 0 Å². The van der Waals surface area contributed by atoms with Gasteiger partial charge in [-0.05, 0) is 41.1 Å². The molecule has 9 N–H and O–H groups in total. The average Bonchev–Trinajstić information content (AvgIpc) is 3.85. The van der Waals surface area contributed by atoms with Crippen molar-refractivity contribution in [3.8, 4) is 0 Å². The Morgan fingerprint density at radius 3 is 1.15 bits per heavy atom. The minimum Gasteiger partial charge on any atom is -0.870 e. The van der Waals surface area contributed by atoms with Gasteiger partial charge in [0.1, 0.15) is 17.5 Å². The third-order valence-electron chi connectivity index (χ3n) is 3.91. The van der Waals surface area contributed by atoms with Gasteiger partial charge < -0.3 is 61.2 Å². The zero-order valence-corrected chi connectivity index (χ0v) is 31.9. The summed E-state index contributed by atoms with van der Waals surface area (Å²) in [7, 11) is 0. The van der Waals surface area contributed by atoms with Gasteiger partial charge >= 0.3 is 41.9 Å². The van der Waals surface area contributed by atoms with Gasteiger partial charge in [0, 0.05) is 87.5 Å². The third-order valence-corrected chi connectivity index (χ3v) is 3.91.